The molecule has 0 fully saturated rings. The van der Waals surface area contributed by atoms with Crippen LogP contribution < -0.4 is 0 Å². The number of H-pyrrole nitrogens is 1. The van der Waals surface area contributed by atoms with Gasteiger partial charge in [-0.2, -0.15) is 5.26 Å². The van der Waals surface area contributed by atoms with Crippen molar-refractivity contribution in [3.05, 3.63) is 59.2 Å². The second-order valence-corrected chi connectivity index (χ2v) is 4.30. The SMILES string of the molecule is Cc1ccoc1C(=O)c1c[nH]c2cccc(C#N)c12. The third kappa shape index (κ3) is 1.64. The molecule has 19 heavy (non-hydrogen) atoms. The number of hydrogen-bond acceptors (Lipinski definition) is 3. The van der Waals surface area contributed by atoms with Gasteiger partial charge in [0.2, 0.25) is 5.78 Å². The summed E-state index contributed by atoms with van der Waals surface area (Å²) >= 11 is 0. The van der Waals surface area contributed by atoms with Crippen LogP contribution in [0.4, 0.5) is 0 Å². The summed E-state index contributed by atoms with van der Waals surface area (Å²) in [6.45, 7) is 1.82. The first-order chi connectivity index (χ1) is 9.22. The standard InChI is InChI=1S/C15H10N2O2/c1-9-5-6-19-15(9)14(18)11-8-17-12-4-2-3-10(7-16)13(11)12/h2-6,8,17H,1H3. The van der Waals surface area contributed by atoms with E-state index in [4.69, 9.17) is 9.68 Å². The minimum Gasteiger partial charge on any atom is -0.461 e. The lowest BCUT2D eigenvalue weighted by Crippen LogP contribution is -2.01. The lowest BCUT2D eigenvalue weighted by Gasteiger charge is -1.99. The molecule has 4 heteroatoms. The van der Waals surface area contributed by atoms with Crippen molar-refractivity contribution in [2.75, 3.05) is 0 Å². The van der Waals surface area contributed by atoms with Gasteiger partial charge in [0.25, 0.3) is 0 Å². The van der Waals surface area contributed by atoms with Crippen LogP contribution in [-0.4, -0.2) is 10.8 Å². The number of hydrogen-bond donors (Lipinski definition) is 1. The molecular formula is C15H10N2O2. The summed E-state index contributed by atoms with van der Waals surface area (Å²) < 4.78 is 5.23. The first-order valence-electron chi connectivity index (χ1n) is 5.81. The number of aryl methyl sites for hydroxylation is 1. The molecule has 0 aliphatic rings. The first kappa shape index (κ1) is 11.3. The van der Waals surface area contributed by atoms with Crippen molar-refractivity contribution in [1.29, 1.82) is 5.26 Å². The van der Waals surface area contributed by atoms with Gasteiger partial charge in [0, 0.05) is 17.1 Å². The fourth-order valence-electron chi connectivity index (χ4n) is 2.18. The summed E-state index contributed by atoms with van der Waals surface area (Å²) in [5.41, 5.74) is 2.50. The molecule has 92 valence electrons. The highest BCUT2D eigenvalue weighted by Crippen LogP contribution is 2.25. The van der Waals surface area contributed by atoms with Crippen molar-refractivity contribution < 1.29 is 9.21 Å². The summed E-state index contributed by atoms with van der Waals surface area (Å²) in [7, 11) is 0. The van der Waals surface area contributed by atoms with Gasteiger partial charge >= 0.3 is 0 Å². The Balaban J connectivity index is 2.25. The summed E-state index contributed by atoms with van der Waals surface area (Å²) in [4.78, 5) is 15.5. The minimum absolute atomic E-state index is 0.212. The maximum Gasteiger partial charge on any atom is 0.230 e. The van der Waals surface area contributed by atoms with E-state index in [0.29, 0.717) is 22.3 Å². The van der Waals surface area contributed by atoms with Crippen LogP contribution in [-0.2, 0) is 0 Å². The molecule has 4 nitrogen and oxygen atoms in total. The zero-order chi connectivity index (χ0) is 13.4. The van der Waals surface area contributed by atoms with Gasteiger partial charge in [-0.1, -0.05) is 6.07 Å². The quantitative estimate of drug-likeness (QED) is 0.710. The number of aromatic amines is 1. The van der Waals surface area contributed by atoms with Crippen molar-refractivity contribution in [3.63, 3.8) is 0 Å². The summed E-state index contributed by atoms with van der Waals surface area (Å²) in [6.07, 6.45) is 3.11. The molecule has 1 N–H and O–H groups in total. The molecule has 0 saturated heterocycles. The maximum absolute atomic E-state index is 12.4. The van der Waals surface area contributed by atoms with Crippen LogP contribution in [0.25, 0.3) is 10.9 Å². The van der Waals surface area contributed by atoms with Crippen LogP contribution in [0.2, 0.25) is 0 Å². The van der Waals surface area contributed by atoms with Crippen molar-refractivity contribution >= 4 is 16.7 Å². The van der Waals surface area contributed by atoms with E-state index in [1.807, 2.05) is 13.0 Å². The highest BCUT2D eigenvalue weighted by molar-refractivity contribution is 6.16. The summed E-state index contributed by atoms with van der Waals surface area (Å²) in [5, 5.41) is 9.79. The Labute approximate surface area is 109 Å². The molecule has 0 aliphatic heterocycles. The van der Waals surface area contributed by atoms with Crippen molar-refractivity contribution in [3.8, 4) is 6.07 Å². The van der Waals surface area contributed by atoms with E-state index in [2.05, 4.69) is 11.1 Å². The lowest BCUT2D eigenvalue weighted by atomic mass is 10.0. The van der Waals surface area contributed by atoms with Gasteiger partial charge < -0.3 is 9.40 Å². The van der Waals surface area contributed by atoms with Crippen LogP contribution in [0, 0.1) is 18.3 Å². The molecular weight excluding hydrogens is 240 g/mol. The molecule has 3 aromatic rings. The number of carbonyl (C=O) groups excluding carboxylic acids is 1. The van der Waals surface area contributed by atoms with E-state index in [0.717, 1.165) is 11.1 Å². The number of rotatable bonds is 2. The molecule has 0 amide bonds. The number of fused-ring (bicyclic) bond motifs is 1. The number of nitriles is 1. The molecule has 0 aliphatic carbocycles. The topological polar surface area (TPSA) is 69.8 Å². The molecule has 0 radical (unpaired) electrons. The number of furan rings is 1. The van der Waals surface area contributed by atoms with Crippen molar-refractivity contribution in [2.45, 2.75) is 6.92 Å². The number of nitrogens with one attached hydrogen (secondary N) is 1. The Morgan fingerprint density at radius 3 is 2.89 bits per heavy atom. The largest absolute Gasteiger partial charge is 0.461 e. The number of benzene rings is 1. The van der Waals surface area contributed by atoms with E-state index < -0.39 is 0 Å². The van der Waals surface area contributed by atoms with E-state index in [9.17, 15) is 4.79 Å². The number of aromatic nitrogens is 1. The fraction of sp³-hybridized carbons (Fsp3) is 0.0667. The van der Waals surface area contributed by atoms with Gasteiger partial charge in [0.05, 0.1) is 23.5 Å². The molecule has 2 aromatic heterocycles. The van der Waals surface area contributed by atoms with E-state index in [1.165, 1.54) is 6.26 Å². The van der Waals surface area contributed by atoms with Gasteiger partial charge in [0.1, 0.15) is 0 Å². The third-order valence-corrected chi connectivity index (χ3v) is 3.14. The monoisotopic (exact) mass is 250 g/mol. The van der Waals surface area contributed by atoms with Crippen molar-refractivity contribution in [1.82, 2.24) is 4.98 Å². The predicted molar refractivity (Wildman–Crippen MR) is 69.9 cm³/mol. The predicted octanol–water partition coefficient (Wildman–Crippen LogP) is 3.17. The minimum atomic E-state index is -0.212. The molecule has 1 aromatic carbocycles. The van der Waals surface area contributed by atoms with Crippen LogP contribution >= 0.6 is 0 Å². The van der Waals surface area contributed by atoms with Gasteiger partial charge in [0.15, 0.2) is 5.76 Å². The summed E-state index contributed by atoms with van der Waals surface area (Å²) in [5.74, 6) is 0.102. The smallest absolute Gasteiger partial charge is 0.230 e. The van der Waals surface area contributed by atoms with Gasteiger partial charge in [-0.3, -0.25) is 4.79 Å². The number of carbonyl (C=O) groups is 1. The third-order valence-electron chi connectivity index (χ3n) is 3.14. The molecule has 0 spiro atoms. The summed E-state index contributed by atoms with van der Waals surface area (Å²) in [6, 6.07) is 9.16. The van der Waals surface area contributed by atoms with Crippen LogP contribution in [0.3, 0.4) is 0 Å². The average molecular weight is 250 g/mol. The fourth-order valence-corrected chi connectivity index (χ4v) is 2.18. The zero-order valence-electron chi connectivity index (χ0n) is 10.2. The second kappa shape index (κ2) is 4.14. The molecule has 3 rings (SSSR count). The Bertz CT molecular complexity index is 818. The Hall–Kier alpha value is -2.80. The van der Waals surface area contributed by atoms with E-state index in [1.54, 1.807) is 24.4 Å². The van der Waals surface area contributed by atoms with Gasteiger partial charge in [-0.15, -0.1) is 0 Å². The second-order valence-electron chi connectivity index (χ2n) is 4.30. The Morgan fingerprint density at radius 2 is 2.21 bits per heavy atom. The highest BCUT2D eigenvalue weighted by atomic mass is 16.3. The molecule has 0 unspecified atom stereocenters. The Kier molecular flexibility index (Phi) is 2.46. The average Bonchev–Trinajstić information content (AvgIpc) is 3.03. The van der Waals surface area contributed by atoms with Gasteiger partial charge in [-0.25, -0.2) is 0 Å². The molecule has 0 bridgehead atoms. The van der Waals surface area contributed by atoms with Crippen LogP contribution in [0.5, 0.6) is 0 Å². The number of ketones is 1. The zero-order valence-corrected chi connectivity index (χ0v) is 10.2. The number of nitrogens with zero attached hydrogens (tertiary/aromatic N) is 1. The highest BCUT2D eigenvalue weighted by Gasteiger charge is 2.20. The first-order valence-corrected chi connectivity index (χ1v) is 5.81. The molecule has 0 atom stereocenters. The lowest BCUT2D eigenvalue weighted by molar-refractivity contribution is 0.101. The normalized spacial score (nSPS) is 10.5. The van der Waals surface area contributed by atoms with Crippen LogP contribution in [0.1, 0.15) is 27.2 Å². The van der Waals surface area contributed by atoms with Crippen LogP contribution in [0.15, 0.2) is 41.1 Å². The van der Waals surface area contributed by atoms with Crippen molar-refractivity contribution in [2.24, 2.45) is 0 Å². The van der Waals surface area contributed by atoms with Gasteiger partial charge in [-0.05, 0) is 30.7 Å². The Morgan fingerprint density at radius 1 is 1.37 bits per heavy atom. The molecule has 0 saturated carbocycles. The molecule has 2 heterocycles. The maximum atomic E-state index is 12.4. The van der Waals surface area contributed by atoms with E-state index >= 15 is 0 Å². The van der Waals surface area contributed by atoms with E-state index in [-0.39, 0.29) is 5.78 Å².